The molecule has 1 aliphatic carbocycles. The molecule has 3 saturated heterocycles. The first-order chi connectivity index (χ1) is 15.7. The molecule has 5 atom stereocenters. The van der Waals surface area contributed by atoms with Crippen molar-refractivity contribution < 1.29 is 27.0 Å². The number of hydrogen-bond acceptors (Lipinski definition) is 8. The highest BCUT2D eigenvalue weighted by molar-refractivity contribution is 4.87. The second-order valence-electron chi connectivity index (χ2n) is 9.67. The van der Waals surface area contributed by atoms with Gasteiger partial charge in [0.2, 0.25) is 0 Å². The lowest BCUT2D eigenvalue weighted by Gasteiger charge is -2.47. The van der Waals surface area contributed by atoms with Crippen LogP contribution >= 0.6 is 0 Å². The lowest BCUT2D eigenvalue weighted by Crippen LogP contribution is -2.76. The smallest absolute Gasteiger partial charge is 0.374 e. The summed E-state index contributed by atoms with van der Waals surface area (Å²) in [6, 6.07) is 0.430. The van der Waals surface area contributed by atoms with Gasteiger partial charge in [0.1, 0.15) is 25.4 Å². The van der Waals surface area contributed by atoms with Gasteiger partial charge in [-0.25, -0.2) is 4.39 Å². The number of rotatable bonds is 7. The van der Waals surface area contributed by atoms with Crippen LogP contribution in [-0.4, -0.2) is 98.7 Å². The summed E-state index contributed by atoms with van der Waals surface area (Å²) in [5, 5.41) is 12.8. The Morgan fingerprint density at radius 3 is 2.27 bits per heavy atom. The molecule has 0 spiro atoms. The van der Waals surface area contributed by atoms with Crippen molar-refractivity contribution in [3.05, 3.63) is 0 Å². The van der Waals surface area contributed by atoms with Gasteiger partial charge in [-0.15, -0.1) is 0 Å². The van der Waals surface area contributed by atoms with Gasteiger partial charge < -0.3 is 9.47 Å². The van der Waals surface area contributed by atoms with Crippen LogP contribution in [0.2, 0.25) is 0 Å². The number of nitrogens with one attached hydrogen (secondary N) is 4. The second kappa shape index (κ2) is 11.4. The zero-order valence-corrected chi connectivity index (χ0v) is 19.2. The molecule has 192 valence electrons. The van der Waals surface area contributed by atoms with Crippen LogP contribution in [-0.2, 0) is 9.47 Å². The third kappa shape index (κ3) is 7.69. The van der Waals surface area contributed by atoms with Gasteiger partial charge in [0.25, 0.3) is 0 Å². The van der Waals surface area contributed by atoms with E-state index in [1.54, 1.807) is 0 Å². The average Bonchev–Trinajstić information content (AvgIpc) is 3.21. The molecule has 4 N–H and O–H groups in total. The standard InChI is InChI=1S/C21H38F4N6O2/c1-14-2-7-17(33-14)12-26-18-27-19(29-20(28-18)32-13-21(23,24)25)31-10-8-30(9-11-31)16-5-3-15(22)4-6-16/h14-20,26-29H,2-13H2,1H3. The fraction of sp³-hybridized carbons (Fsp3) is 1.00. The Labute approximate surface area is 193 Å². The predicted octanol–water partition coefficient (Wildman–Crippen LogP) is 1.25. The van der Waals surface area contributed by atoms with Crippen molar-refractivity contribution in [3.63, 3.8) is 0 Å². The molecule has 0 radical (unpaired) electrons. The summed E-state index contributed by atoms with van der Waals surface area (Å²) in [7, 11) is 0. The quantitative estimate of drug-likeness (QED) is 0.405. The molecule has 3 heterocycles. The minimum Gasteiger partial charge on any atom is -0.374 e. The summed E-state index contributed by atoms with van der Waals surface area (Å²) in [6.45, 7) is 4.55. The lowest BCUT2D eigenvalue weighted by molar-refractivity contribution is -0.202. The number of hydrogen-bond donors (Lipinski definition) is 4. The SMILES string of the molecule is CC1CCC(CNC2NC(OCC(F)(F)F)NC(N3CCN(C4CCC(F)CC4)CC3)N2)O1. The van der Waals surface area contributed by atoms with E-state index in [-0.39, 0.29) is 18.5 Å². The molecule has 8 nitrogen and oxygen atoms in total. The minimum atomic E-state index is -4.40. The van der Waals surface area contributed by atoms with Crippen LogP contribution in [0, 0.1) is 0 Å². The molecule has 1 saturated carbocycles. The minimum absolute atomic E-state index is 0.0921. The van der Waals surface area contributed by atoms with Crippen molar-refractivity contribution in [1.82, 2.24) is 31.1 Å². The molecular formula is C21H38F4N6O2. The third-order valence-electron chi connectivity index (χ3n) is 7.09. The summed E-state index contributed by atoms with van der Waals surface area (Å²) >= 11 is 0. The summed E-state index contributed by atoms with van der Waals surface area (Å²) < 4.78 is 62.6. The summed E-state index contributed by atoms with van der Waals surface area (Å²) in [5.41, 5.74) is 0. The molecule has 0 aromatic rings. The van der Waals surface area contributed by atoms with E-state index in [0.29, 0.717) is 25.4 Å². The van der Waals surface area contributed by atoms with Gasteiger partial charge in [-0.3, -0.25) is 31.1 Å². The van der Waals surface area contributed by atoms with E-state index in [1.807, 2.05) is 6.92 Å². The number of ether oxygens (including phenoxy) is 2. The maximum absolute atomic E-state index is 13.5. The van der Waals surface area contributed by atoms with Gasteiger partial charge in [-0.1, -0.05) is 0 Å². The van der Waals surface area contributed by atoms with Crippen LogP contribution in [0.3, 0.4) is 0 Å². The molecular weight excluding hydrogens is 444 g/mol. The van der Waals surface area contributed by atoms with Crippen molar-refractivity contribution in [2.45, 2.75) is 95.0 Å². The second-order valence-corrected chi connectivity index (χ2v) is 9.67. The number of alkyl halides is 4. The van der Waals surface area contributed by atoms with Crippen molar-refractivity contribution >= 4 is 0 Å². The predicted molar refractivity (Wildman–Crippen MR) is 115 cm³/mol. The van der Waals surface area contributed by atoms with Crippen LogP contribution in [0.25, 0.3) is 0 Å². The highest BCUT2D eigenvalue weighted by Crippen LogP contribution is 2.26. The van der Waals surface area contributed by atoms with Crippen LogP contribution in [0.1, 0.15) is 45.4 Å². The van der Waals surface area contributed by atoms with E-state index in [9.17, 15) is 17.6 Å². The first kappa shape index (κ1) is 25.5. The van der Waals surface area contributed by atoms with Gasteiger partial charge in [0.05, 0.1) is 12.2 Å². The van der Waals surface area contributed by atoms with Crippen LogP contribution in [0.4, 0.5) is 17.6 Å². The Balaban J connectivity index is 1.29. The molecule has 4 rings (SSSR count). The highest BCUT2D eigenvalue weighted by Gasteiger charge is 2.37. The Morgan fingerprint density at radius 1 is 0.939 bits per heavy atom. The Kier molecular flexibility index (Phi) is 8.82. The largest absolute Gasteiger partial charge is 0.411 e. The van der Waals surface area contributed by atoms with Crippen LogP contribution in [0.15, 0.2) is 0 Å². The van der Waals surface area contributed by atoms with Crippen molar-refractivity contribution in [3.8, 4) is 0 Å². The Hall–Kier alpha value is -0.600. The van der Waals surface area contributed by atoms with Crippen molar-refractivity contribution in [2.24, 2.45) is 0 Å². The highest BCUT2D eigenvalue weighted by atomic mass is 19.4. The number of nitrogens with zero attached hydrogens (tertiary/aromatic N) is 2. The zero-order valence-electron chi connectivity index (χ0n) is 19.2. The van der Waals surface area contributed by atoms with Gasteiger partial charge >= 0.3 is 6.18 Å². The maximum atomic E-state index is 13.5. The van der Waals surface area contributed by atoms with E-state index in [1.165, 1.54) is 0 Å². The summed E-state index contributed by atoms with van der Waals surface area (Å²) in [6.07, 6.45) is -1.41. The Morgan fingerprint density at radius 2 is 1.64 bits per heavy atom. The van der Waals surface area contributed by atoms with E-state index >= 15 is 0 Å². The molecule has 3 aliphatic heterocycles. The molecule has 33 heavy (non-hydrogen) atoms. The monoisotopic (exact) mass is 482 g/mol. The molecule has 5 unspecified atom stereocenters. The lowest BCUT2D eigenvalue weighted by atomic mass is 9.92. The molecule has 0 amide bonds. The Bertz CT molecular complexity index is 602. The molecule has 0 bridgehead atoms. The maximum Gasteiger partial charge on any atom is 0.411 e. The number of halogens is 4. The van der Waals surface area contributed by atoms with E-state index in [2.05, 4.69) is 31.1 Å². The van der Waals surface area contributed by atoms with E-state index in [0.717, 1.165) is 51.9 Å². The molecule has 4 fully saturated rings. The fourth-order valence-electron chi connectivity index (χ4n) is 5.25. The molecule has 4 aliphatic rings. The molecule has 12 heteroatoms. The third-order valence-corrected chi connectivity index (χ3v) is 7.09. The fourth-order valence-corrected chi connectivity index (χ4v) is 5.25. The number of piperazine rings is 1. The van der Waals surface area contributed by atoms with E-state index < -0.39 is 31.6 Å². The first-order valence-corrected chi connectivity index (χ1v) is 12.2. The van der Waals surface area contributed by atoms with Gasteiger partial charge in [0, 0.05) is 38.8 Å². The van der Waals surface area contributed by atoms with E-state index in [4.69, 9.17) is 9.47 Å². The normalized spacial score (nSPS) is 39.7. The van der Waals surface area contributed by atoms with Crippen LogP contribution < -0.4 is 21.3 Å². The summed E-state index contributed by atoms with van der Waals surface area (Å²) in [5.74, 6) is 0. The van der Waals surface area contributed by atoms with Gasteiger partial charge in [0.15, 0.2) is 6.35 Å². The molecule has 0 aromatic carbocycles. The van der Waals surface area contributed by atoms with Crippen LogP contribution in [0.5, 0.6) is 0 Å². The van der Waals surface area contributed by atoms with Crippen molar-refractivity contribution in [2.75, 3.05) is 39.3 Å². The zero-order chi connectivity index (χ0) is 23.4. The van der Waals surface area contributed by atoms with Gasteiger partial charge in [-0.2, -0.15) is 13.2 Å². The van der Waals surface area contributed by atoms with Crippen molar-refractivity contribution in [1.29, 1.82) is 0 Å². The first-order valence-electron chi connectivity index (χ1n) is 12.2. The average molecular weight is 483 g/mol. The van der Waals surface area contributed by atoms with Gasteiger partial charge in [-0.05, 0) is 45.4 Å². The topological polar surface area (TPSA) is 73.1 Å². The summed E-state index contributed by atoms with van der Waals surface area (Å²) in [4.78, 5) is 4.61. The molecule has 0 aromatic heterocycles.